The molecule has 0 aromatic rings. The van der Waals surface area contributed by atoms with Gasteiger partial charge in [-0.15, -0.1) is 12.4 Å². The maximum atomic E-state index is 2.29. The van der Waals surface area contributed by atoms with Crippen LogP contribution < -0.4 is 0 Å². The van der Waals surface area contributed by atoms with Gasteiger partial charge < -0.3 is 0 Å². The average Bonchev–Trinajstić information content (AvgIpc) is 1.89. The minimum atomic E-state index is 0. The van der Waals surface area contributed by atoms with Crippen molar-refractivity contribution in [2.24, 2.45) is 0 Å². The van der Waals surface area contributed by atoms with Gasteiger partial charge in [-0.05, 0) is 0 Å². The summed E-state index contributed by atoms with van der Waals surface area (Å²) in [5.41, 5.74) is 0. The van der Waals surface area contributed by atoms with Gasteiger partial charge in [0, 0.05) is 0 Å². The zero-order chi connectivity index (χ0) is 6.95. The van der Waals surface area contributed by atoms with E-state index in [2.05, 4.69) is 13.8 Å². The Labute approximate surface area is 81.8 Å². The van der Waals surface area contributed by atoms with Crippen molar-refractivity contribution in [3.63, 3.8) is 0 Å². The van der Waals surface area contributed by atoms with Crippen LogP contribution in [0.3, 0.4) is 0 Å². The summed E-state index contributed by atoms with van der Waals surface area (Å²) in [5, 5.41) is 0. The molecule has 0 aromatic carbocycles. The third-order valence-corrected chi connectivity index (χ3v) is 5.45. The van der Waals surface area contributed by atoms with Gasteiger partial charge >= 0.3 is 69.5 Å². The van der Waals surface area contributed by atoms with E-state index in [1.807, 2.05) is 0 Å². The summed E-state index contributed by atoms with van der Waals surface area (Å²) in [6.07, 6.45) is 5.84. The molecular formula is C8H19ClSn. The van der Waals surface area contributed by atoms with E-state index in [1.54, 1.807) is 8.87 Å². The molecule has 0 aliphatic rings. The van der Waals surface area contributed by atoms with Crippen molar-refractivity contribution in [2.75, 3.05) is 0 Å². The molecule has 0 N–H and O–H groups in total. The van der Waals surface area contributed by atoms with Gasteiger partial charge in [0.15, 0.2) is 0 Å². The van der Waals surface area contributed by atoms with E-state index in [0.29, 0.717) is 0 Å². The van der Waals surface area contributed by atoms with Crippen molar-refractivity contribution in [1.82, 2.24) is 0 Å². The fourth-order valence-corrected chi connectivity index (χ4v) is 4.89. The summed E-state index contributed by atoms with van der Waals surface area (Å²) in [7, 11) is 0. The summed E-state index contributed by atoms with van der Waals surface area (Å²) in [6.45, 7) is 4.58. The Kier molecular flexibility index (Phi) is 17.4. The van der Waals surface area contributed by atoms with Crippen LogP contribution in [0.25, 0.3) is 0 Å². The van der Waals surface area contributed by atoms with Crippen LogP contribution in [0, 0.1) is 0 Å². The summed E-state index contributed by atoms with van der Waals surface area (Å²) in [6, 6.07) is 0. The zero-order valence-corrected chi connectivity index (χ0v) is 10.8. The van der Waals surface area contributed by atoms with Crippen LogP contribution in [0.5, 0.6) is 0 Å². The van der Waals surface area contributed by atoms with Gasteiger partial charge in [-0.2, -0.15) is 0 Å². The third-order valence-electron chi connectivity index (χ3n) is 1.41. The molecule has 0 saturated heterocycles. The molecule has 0 saturated carbocycles. The van der Waals surface area contributed by atoms with Crippen molar-refractivity contribution >= 4 is 33.5 Å². The fourth-order valence-electron chi connectivity index (χ4n) is 0.729. The number of halogens is 1. The first kappa shape index (κ1) is 13.7. The Balaban J connectivity index is 0. The van der Waals surface area contributed by atoms with E-state index in [1.165, 1.54) is 25.7 Å². The predicted molar refractivity (Wildman–Crippen MR) is 52.4 cm³/mol. The van der Waals surface area contributed by atoms with Crippen LogP contribution in [-0.2, 0) is 0 Å². The monoisotopic (exact) mass is 270 g/mol. The van der Waals surface area contributed by atoms with Gasteiger partial charge in [-0.3, -0.25) is 0 Å². The van der Waals surface area contributed by atoms with Gasteiger partial charge in [0.05, 0.1) is 0 Å². The van der Waals surface area contributed by atoms with Crippen LogP contribution in [0.4, 0.5) is 0 Å². The molecule has 0 fully saturated rings. The van der Waals surface area contributed by atoms with E-state index < -0.39 is 0 Å². The second-order valence-corrected chi connectivity index (χ2v) is 6.74. The molecule has 0 aliphatic carbocycles. The van der Waals surface area contributed by atoms with Crippen LogP contribution in [0.15, 0.2) is 0 Å². The van der Waals surface area contributed by atoms with Crippen LogP contribution in [-0.4, -0.2) is 21.1 Å². The Morgan fingerprint density at radius 1 is 0.900 bits per heavy atom. The molecule has 0 rings (SSSR count). The second-order valence-electron chi connectivity index (χ2n) is 2.46. The molecule has 0 unspecified atom stereocenters. The van der Waals surface area contributed by atoms with Crippen LogP contribution in [0.1, 0.15) is 39.5 Å². The van der Waals surface area contributed by atoms with Gasteiger partial charge in [0.2, 0.25) is 0 Å². The van der Waals surface area contributed by atoms with Gasteiger partial charge in [0.25, 0.3) is 0 Å². The van der Waals surface area contributed by atoms with Crippen LogP contribution in [0.2, 0.25) is 8.87 Å². The number of hydrogen-bond acceptors (Lipinski definition) is 0. The van der Waals surface area contributed by atoms with Crippen LogP contribution >= 0.6 is 12.4 Å². The summed E-state index contributed by atoms with van der Waals surface area (Å²) >= 11 is 0.149. The summed E-state index contributed by atoms with van der Waals surface area (Å²) < 4.78 is 3.25. The molecule has 0 atom stereocenters. The first-order chi connectivity index (χ1) is 4.41. The molecule has 0 amide bonds. The van der Waals surface area contributed by atoms with Crippen molar-refractivity contribution in [3.8, 4) is 0 Å². The Hall–Kier alpha value is 1.09. The quantitative estimate of drug-likeness (QED) is 0.511. The number of rotatable bonds is 6. The molecule has 2 radical (unpaired) electrons. The Morgan fingerprint density at radius 2 is 1.30 bits per heavy atom. The third kappa shape index (κ3) is 11.8. The summed E-state index contributed by atoms with van der Waals surface area (Å²) in [4.78, 5) is 0. The molecule has 0 heterocycles. The Bertz CT molecular complexity index is 42.5. The molecule has 0 bridgehead atoms. The van der Waals surface area contributed by atoms with Crippen molar-refractivity contribution < 1.29 is 0 Å². The second kappa shape index (κ2) is 12.7. The van der Waals surface area contributed by atoms with E-state index in [9.17, 15) is 0 Å². The van der Waals surface area contributed by atoms with E-state index in [4.69, 9.17) is 0 Å². The molecule has 10 heavy (non-hydrogen) atoms. The molecule has 2 heteroatoms. The van der Waals surface area contributed by atoms with Gasteiger partial charge in [0.1, 0.15) is 0 Å². The Morgan fingerprint density at radius 3 is 1.60 bits per heavy atom. The summed E-state index contributed by atoms with van der Waals surface area (Å²) in [5.74, 6) is 0. The van der Waals surface area contributed by atoms with Crippen molar-refractivity contribution in [3.05, 3.63) is 0 Å². The van der Waals surface area contributed by atoms with E-state index in [-0.39, 0.29) is 33.5 Å². The maximum Gasteiger partial charge on any atom is -0.147 e. The van der Waals surface area contributed by atoms with E-state index in [0.717, 1.165) is 0 Å². The zero-order valence-electron chi connectivity index (χ0n) is 7.15. The minimum absolute atomic E-state index is 0. The first-order valence-electron chi connectivity index (χ1n) is 4.12. The van der Waals surface area contributed by atoms with Crippen molar-refractivity contribution in [2.45, 2.75) is 48.4 Å². The topological polar surface area (TPSA) is 0 Å². The smallest absolute Gasteiger partial charge is 0.147 e. The molecule has 0 aromatic heterocycles. The van der Waals surface area contributed by atoms with E-state index >= 15 is 0 Å². The molecular weight excluding hydrogens is 250 g/mol. The molecule has 0 spiro atoms. The minimum Gasteiger partial charge on any atom is -0.147 e. The molecule has 0 nitrogen and oxygen atoms in total. The molecule has 62 valence electrons. The fraction of sp³-hybridized carbons (Fsp3) is 1.00. The SMILES string of the molecule is CCC[CH2][Sn][CH2]CCC.Cl. The van der Waals surface area contributed by atoms with Crippen molar-refractivity contribution in [1.29, 1.82) is 0 Å². The number of unbranched alkanes of at least 4 members (excludes halogenated alkanes) is 2. The predicted octanol–water partition coefficient (Wildman–Crippen LogP) is 3.55. The first-order valence-corrected chi connectivity index (χ1v) is 8.16. The largest absolute Gasteiger partial charge is 0.147 e. The normalized spacial score (nSPS) is 9.00. The van der Waals surface area contributed by atoms with Gasteiger partial charge in [-0.1, -0.05) is 0 Å². The van der Waals surface area contributed by atoms with Gasteiger partial charge in [-0.25, -0.2) is 0 Å². The maximum absolute atomic E-state index is 2.29. The molecule has 0 aliphatic heterocycles. The average molecular weight is 269 g/mol. The standard InChI is InChI=1S/2C4H9.ClH.Sn/c2*1-3-4-2;;/h2*1,3-4H2,2H3;1H;. The number of hydrogen-bond donors (Lipinski definition) is 0.